The molecule has 0 saturated carbocycles. The summed E-state index contributed by atoms with van der Waals surface area (Å²) in [6, 6.07) is -0.475. The van der Waals surface area contributed by atoms with Crippen molar-refractivity contribution in [2.45, 2.75) is 31.9 Å². The Morgan fingerprint density at radius 2 is 2.00 bits per heavy atom. The Labute approximate surface area is 107 Å². The van der Waals surface area contributed by atoms with Crippen LogP contribution < -0.4 is 5.73 Å². The van der Waals surface area contributed by atoms with Gasteiger partial charge >= 0.3 is 5.97 Å². The largest absolute Gasteiger partial charge is 0.480 e. The Kier molecular flexibility index (Phi) is 7.10. The fraction of sp³-hybridized carbons (Fsp3) is 0.800. The Hall–Kier alpha value is -0.850. The Balaban J connectivity index is 0.00000256. The minimum absolute atomic E-state index is 0. The zero-order valence-electron chi connectivity index (χ0n) is 9.80. The first kappa shape index (κ1) is 16.1. The number of carbonyl (C=O) groups is 2. The Morgan fingerprint density at radius 3 is 2.41 bits per heavy atom. The molecule has 1 fully saturated rings. The van der Waals surface area contributed by atoms with Gasteiger partial charge in [-0.1, -0.05) is 0 Å². The molecule has 17 heavy (non-hydrogen) atoms. The van der Waals surface area contributed by atoms with E-state index in [-0.39, 0.29) is 31.0 Å². The van der Waals surface area contributed by atoms with E-state index in [1.807, 2.05) is 0 Å². The smallest absolute Gasteiger partial charge is 0.329 e. The number of carboxylic acids is 1. The second-order valence-corrected chi connectivity index (χ2v) is 4.02. The van der Waals surface area contributed by atoms with Crippen LogP contribution in [0.15, 0.2) is 0 Å². The molecule has 1 aliphatic heterocycles. The minimum Gasteiger partial charge on any atom is -0.480 e. The minimum atomic E-state index is -0.964. The van der Waals surface area contributed by atoms with E-state index in [4.69, 9.17) is 15.6 Å². The van der Waals surface area contributed by atoms with Gasteiger partial charge in [-0.25, -0.2) is 4.79 Å². The molecule has 1 unspecified atom stereocenters. The maximum atomic E-state index is 11.5. The first-order chi connectivity index (χ1) is 7.50. The summed E-state index contributed by atoms with van der Waals surface area (Å²) in [5, 5.41) is 8.45. The highest BCUT2D eigenvalue weighted by atomic mass is 35.5. The second kappa shape index (κ2) is 7.47. The molecule has 1 saturated heterocycles. The van der Waals surface area contributed by atoms with Gasteiger partial charge in [-0.2, -0.15) is 0 Å². The molecule has 0 aliphatic carbocycles. The van der Waals surface area contributed by atoms with Gasteiger partial charge in [-0.15, -0.1) is 12.4 Å². The van der Waals surface area contributed by atoms with Crippen LogP contribution in [0.25, 0.3) is 0 Å². The molecular formula is C10H19ClN2O4. The molecular weight excluding hydrogens is 248 g/mol. The van der Waals surface area contributed by atoms with Crippen LogP contribution in [0.5, 0.6) is 0 Å². The van der Waals surface area contributed by atoms with Crippen LogP contribution in [0, 0.1) is 0 Å². The standard InChI is InChI=1S/C10H18N2O4.ClH/c1-7(11)10(15)12-4-2-8(3-5-12)16-6-9(13)14;/h7-8H,2-6,11H2,1H3,(H,13,14);1H. The summed E-state index contributed by atoms with van der Waals surface area (Å²) in [4.78, 5) is 23.5. The number of nitrogens with zero attached hydrogens (tertiary/aromatic N) is 1. The van der Waals surface area contributed by atoms with Crippen molar-refractivity contribution in [1.29, 1.82) is 0 Å². The molecule has 7 heteroatoms. The number of ether oxygens (including phenoxy) is 1. The molecule has 0 spiro atoms. The van der Waals surface area contributed by atoms with Gasteiger partial charge in [0.05, 0.1) is 12.1 Å². The van der Waals surface area contributed by atoms with E-state index in [0.29, 0.717) is 25.9 Å². The van der Waals surface area contributed by atoms with Crippen molar-refractivity contribution in [2.24, 2.45) is 5.73 Å². The SMILES string of the molecule is CC(N)C(=O)N1CCC(OCC(=O)O)CC1.Cl. The number of piperidine rings is 1. The number of rotatable bonds is 4. The molecule has 0 aromatic rings. The number of halogens is 1. The molecule has 0 bridgehead atoms. The number of aliphatic carboxylic acids is 1. The number of hydrogen-bond donors (Lipinski definition) is 2. The highest BCUT2D eigenvalue weighted by Crippen LogP contribution is 2.14. The van der Waals surface area contributed by atoms with Crippen molar-refractivity contribution < 1.29 is 19.4 Å². The molecule has 1 aliphatic rings. The van der Waals surface area contributed by atoms with Crippen molar-refractivity contribution in [3.05, 3.63) is 0 Å². The van der Waals surface area contributed by atoms with Crippen LogP contribution in [0.3, 0.4) is 0 Å². The summed E-state index contributed by atoms with van der Waals surface area (Å²) >= 11 is 0. The summed E-state index contributed by atoms with van der Waals surface area (Å²) in [5.74, 6) is -1.02. The molecule has 0 aromatic heterocycles. The van der Waals surface area contributed by atoms with Crippen LogP contribution >= 0.6 is 12.4 Å². The van der Waals surface area contributed by atoms with Crippen molar-refractivity contribution in [1.82, 2.24) is 4.90 Å². The van der Waals surface area contributed by atoms with Crippen LogP contribution in [-0.4, -0.2) is 53.7 Å². The average Bonchev–Trinajstić information content (AvgIpc) is 2.26. The van der Waals surface area contributed by atoms with Gasteiger partial charge < -0.3 is 20.5 Å². The number of carboxylic acid groups (broad SMARTS) is 1. The molecule has 1 amide bonds. The van der Waals surface area contributed by atoms with E-state index >= 15 is 0 Å². The maximum absolute atomic E-state index is 11.5. The fourth-order valence-corrected chi connectivity index (χ4v) is 1.72. The normalized spacial score (nSPS) is 18.4. The van der Waals surface area contributed by atoms with Gasteiger partial charge in [-0.05, 0) is 19.8 Å². The van der Waals surface area contributed by atoms with Crippen LogP contribution in [0.1, 0.15) is 19.8 Å². The third kappa shape index (κ3) is 5.34. The van der Waals surface area contributed by atoms with E-state index in [2.05, 4.69) is 0 Å². The molecule has 0 radical (unpaired) electrons. The lowest BCUT2D eigenvalue weighted by Gasteiger charge is -2.32. The van der Waals surface area contributed by atoms with Crippen molar-refractivity contribution >= 4 is 24.3 Å². The summed E-state index contributed by atoms with van der Waals surface area (Å²) in [5.41, 5.74) is 5.50. The first-order valence-electron chi connectivity index (χ1n) is 5.38. The maximum Gasteiger partial charge on any atom is 0.329 e. The van der Waals surface area contributed by atoms with E-state index in [9.17, 15) is 9.59 Å². The lowest BCUT2D eigenvalue weighted by atomic mass is 10.1. The van der Waals surface area contributed by atoms with Gasteiger partial charge in [0.2, 0.25) is 5.91 Å². The predicted octanol–water partition coefficient (Wildman–Crippen LogP) is -0.152. The molecule has 1 rings (SSSR count). The Morgan fingerprint density at radius 1 is 1.47 bits per heavy atom. The third-order valence-electron chi connectivity index (χ3n) is 2.59. The number of hydrogen-bond acceptors (Lipinski definition) is 4. The van der Waals surface area contributed by atoms with Crippen LogP contribution in [-0.2, 0) is 14.3 Å². The van der Waals surface area contributed by atoms with Crippen molar-refractivity contribution in [2.75, 3.05) is 19.7 Å². The lowest BCUT2D eigenvalue weighted by Crippen LogP contribution is -2.47. The van der Waals surface area contributed by atoms with Gasteiger partial charge in [0.1, 0.15) is 6.61 Å². The summed E-state index contributed by atoms with van der Waals surface area (Å²) < 4.78 is 5.16. The monoisotopic (exact) mass is 266 g/mol. The highest BCUT2D eigenvalue weighted by molar-refractivity contribution is 5.85. The number of nitrogens with two attached hydrogens (primary N) is 1. The first-order valence-corrected chi connectivity index (χ1v) is 5.38. The molecule has 1 atom stereocenters. The number of likely N-dealkylation sites (tertiary alicyclic amines) is 1. The molecule has 100 valence electrons. The van der Waals surface area contributed by atoms with E-state index in [0.717, 1.165) is 0 Å². The topological polar surface area (TPSA) is 92.9 Å². The van der Waals surface area contributed by atoms with E-state index in [1.54, 1.807) is 11.8 Å². The van der Waals surface area contributed by atoms with Gasteiger partial charge in [0.25, 0.3) is 0 Å². The molecule has 3 N–H and O–H groups in total. The summed E-state index contributed by atoms with van der Waals surface area (Å²) in [6.45, 7) is 2.57. The van der Waals surface area contributed by atoms with E-state index < -0.39 is 12.0 Å². The quantitative estimate of drug-likeness (QED) is 0.738. The molecule has 1 heterocycles. The Bertz CT molecular complexity index is 265. The molecule has 0 aromatic carbocycles. The van der Waals surface area contributed by atoms with Crippen molar-refractivity contribution in [3.63, 3.8) is 0 Å². The number of amides is 1. The van der Waals surface area contributed by atoms with Gasteiger partial charge in [-0.3, -0.25) is 4.79 Å². The zero-order chi connectivity index (χ0) is 12.1. The van der Waals surface area contributed by atoms with Gasteiger partial charge in [0.15, 0.2) is 0 Å². The summed E-state index contributed by atoms with van der Waals surface area (Å²) in [6.07, 6.45) is 1.28. The van der Waals surface area contributed by atoms with Crippen molar-refractivity contribution in [3.8, 4) is 0 Å². The van der Waals surface area contributed by atoms with E-state index in [1.165, 1.54) is 0 Å². The lowest BCUT2D eigenvalue weighted by molar-refractivity contribution is -0.147. The van der Waals surface area contributed by atoms with Gasteiger partial charge in [0, 0.05) is 13.1 Å². The third-order valence-corrected chi connectivity index (χ3v) is 2.59. The number of carbonyl (C=O) groups excluding carboxylic acids is 1. The highest BCUT2D eigenvalue weighted by Gasteiger charge is 2.25. The zero-order valence-corrected chi connectivity index (χ0v) is 10.6. The average molecular weight is 267 g/mol. The van der Waals surface area contributed by atoms with Crippen LogP contribution in [0.4, 0.5) is 0 Å². The predicted molar refractivity (Wildman–Crippen MR) is 64.1 cm³/mol. The fourth-order valence-electron chi connectivity index (χ4n) is 1.72. The molecule has 6 nitrogen and oxygen atoms in total. The summed E-state index contributed by atoms with van der Waals surface area (Å²) in [7, 11) is 0. The van der Waals surface area contributed by atoms with Crippen LogP contribution in [0.2, 0.25) is 0 Å². The second-order valence-electron chi connectivity index (χ2n) is 4.02.